The molecule has 0 aliphatic heterocycles. The maximum atomic E-state index is 9.40. The second-order valence-electron chi connectivity index (χ2n) is 3.26. The number of phenolic OH excluding ortho intramolecular Hbond substituents is 1. The zero-order chi connectivity index (χ0) is 10.1. The van der Waals surface area contributed by atoms with Crippen molar-refractivity contribution in [1.82, 2.24) is 2.38 Å². The fourth-order valence-electron chi connectivity index (χ4n) is 1.64. The normalized spacial score (nSPS) is 11.0. The van der Waals surface area contributed by atoms with E-state index in [1.54, 1.807) is 6.07 Å². The van der Waals surface area contributed by atoms with Gasteiger partial charge in [0.1, 0.15) is 0 Å². The van der Waals surface area contributed by atoms with Crippen LogP contribution < -0.4 is 5.73 Å². The van der Waals surface area contributed by atoms with Gasteiger partial charge in [-0.05, 0) is 0 Å². The zero-order valence-corrected chi connectivity index (χ0v) is 11.6. The molecule has 0 atom stereocenters. The van der Waals surface area contributed by atoms with Gasteiger partial charge in [-0.15, -0.1) is 0 Å². The number of fused-ring (bicyclic) bond motifs is 1. The molecule has 0 aliphatic rings. The summed E-state index contributed by atoms with van der Waals surface area (Å²) in [5.74, 6) is 0.323. The predicted octanol–water partition coefficient (Wildman–Crippen LogP) is 0.780. The third-order valence-corrected chi connectivity index (χ3v) is 3.72. The van der Waals surface area contributed by atoms with Gasteiger partial charge in [-0.2, -0.15) is 0 Å². The van der Waals surface area contributed by atoms with E-state index in [9.17, 15) is 5.11 Å². The first-order valence-electron chi connectivity index (χ1n) is 4.47. The number of aromatic hydroxyl groups is 1. The van der Waals surface area contributed by atoms with Gasteiger partial charge in [0.05, 0.1) is 0 Å². The quantitative estimate of drug-likeness (QED) is 0.755. The number of hydrogen-bond donors (Lipinski definition) is 2. The standard InChI is InChI=1S/C10H11N2O.Pb/c11-4-3-7-6-12-10-2-1-8(13)5-9(7)10;/h1-2,5-6,13H,3-4,11H2;/q-1;+1. The van der Waals surface area contributed by atoms with E-state index in [1.165, 1.54) is 11.1 Å². The molecule has 0 fully saturated rings. The number of hydrogen-bond acceptors (Lipinski definition) is 2. The number of rotatable bonds is 2. The molecule has 71 valence electrons. The Morgan fingerprint density at radius 3 is 2.93 bits per heavy atom. The van der Waals surface area contributed by atoms with Crippen molar-refractivity contribution in [2.45, 2.75) is 6.42 Å². The first-order chi connectivity index (χ1) is 6.72. The van der Waals surface area contributed by atoms with Crippen LogP contribution in [0.3, 0.4) is 0 Å². The molecule has 0 aliphatic carbocycles. The molecule has 0 saturated heterocycles. The minimum atomic E-state index is 0.323. The molecule has 0 saturated carbocycles. The molecule has 3 radical (unpaired) electrons. The van der Waals surface area contributed by atoms with E-state index in [2.05, 4.69) is 8.57 Å². The van der Waals surface area contributed by atoms with Gasteiger partial charge >= 0.3 is 98.9 Å². The molecule has 1 aromatic heterocycles. The van der Waals surface area contributed by atoms with E-state index < -0.39 is 0 Å². The molecular weight excluding hydrogens is 371 g/mol. The predicted molar refractivity (Wildman–Crippen MR) is 57.5 cm³/mol. The van der Waals surface area contributed by atoms with Gasteiger partial charge in [0, 0.05) is 0 Å². The minimum absolute atomic E-state index is 0.323. The van der Waals surface area contributed by atoms with Crippen LogP contribution in [0.15, 0.2) is 24.4 Å². The summed E-state index contributed by atoms with van der Waals surface area (Å²) in [5, 5.41) is 10.5. The molecule has 0 bridgehead atoms. The second kappa shape index (κ2) is 3.90. The molecule has 14 heavy (non-hydrogen) atoms. The van der Waals surface area contributed by atoms with Crippen molar-refractivity contribution < 1.29 is 5.11 Å². The van der Waals surface area contributed by atoms with Crippen molar-refractivity contribution in [3.63, 3.8) is 0 Å². The molecule has 1 aromatic carbocycles. The summed E-state index contributed by atoms with van der Waals surface area (Å²) in [6.45, 7) is 0.649. The summed E-state index contributed by atoms with van der Waals surface area (Å²) < 4.78 is 2.19. The van der Waals surface area contributed by atoms with Crippen LogP contribution in [0.4, 0.5) is 0 Å². The fourth-order valence-corrected chi connectivity index (χ4v) is 3.00. The Hall–Kier alpha value is -0.558. The van der Waals surface area contributed by atoms with Gasteiger partial charge in [0.2, 0.25) is 0 Å². The molecule has 3 N–H and O–H groups in total. The Bertz CT molecular complexity index is 464. The van der Waals surface area contributed by atoms with Crippen molar-refractivity contribution in [3.8, 4) is 5.75 Å². The average molecular weight is 382 g/mol. The van der Waals surface area contributed by atoms with Crippen molar-refractivity contribution in [2.24, 2.45) is 5.73 Å². The van der Waals surface area contributed by atoms with Gasteiger partial charge in [-0.3, -0.25) is 0 Å². The van der Waals surface area contributed by atoms with Crippen molar-refractivity contribution >= 4 is 37.0 Å². The maximum absolute atomic E-state index is 9.40. The summed E-state index contributed by atoms with van der Waals surface area (Å²) in [4.78, 5) is 0. The SMILES string of the molecule is NCCc1c[n]([Pb])c2ccc(O)cc12. The van der Waals surface area contributed by atoms with Crippen molar-refractivity contribution in [1.29, 1.82) is 0 Å². The molecular formula is C10H11N2OPb. The van der Waals surface area contributed by atoms with E-state index in [0.29, 0.717) is 12.3 Å². The van der Waals surface area contributed by atoms with E-state index in [4.69, 9.17) is 5.73 Å². The van der Waals surface area contributed by atoms with Gasteiger partial charge in [-0.25, -0.2) is 0 Å². The molecule has 0 unspecified atom stereocenters. The fraction of sp³-hybridized carbons (Fsp3) is 0.200. The Kier molecular flexibility index (Phi) is 2.78. The topological polar surface area (TPSA) is 51.2 Å². The molecule has 3 nitrogen and oxygen atoms in total. The molecule has 2 rings (SSSR count). The number of benzene rings is 1. The summed E-state index contributed by atoms with van der Waals surface area (Å²) in [6.07, 6.45) is 3.00. The number of phenols is 1. The third kappa shape index (κ3) is 1.66. The number of aromatic nitrogens is 1. The molecule has 0 spiro atoms. The molecule has 2 aromatic rings. The van der Waals surface area contributed by atoms with Crippen LogP contribution in [0.5, 0.6) is 5.75 Å². The van der Waals surface area contributed by atoms with Gasteiger partial charge in [-0.1, -0.05) is 0 Å². The first-order valence-corrected chi connectivity index (χ1v) is 6.21. The summed E-state index contributed by atoms with van der Waals surface area (Å²) in [5.41, 5.74) is 7.96. The Balaban J connectivity index is 2.66. The van der Waals surface area contributed by atoms with Crippen molar-refractivity contribution in [3.05, 3.63) is 30.0 Å². The van der Waals surface area contributed by atoms with E-state index >= 15 is 0 Å². The van der Waals surface area contributed by atoms with Crippen LogP contribution in [-0.2, 0) is 6.42 Å². The molecule has 4 heteroatoms. The third-order valence-electron chi connectivity index (χ3n) is 2.28. The average Bonchev–Trinajstić information content (AvgIpc) is 2.44. The van der Waals surface area contributed by atoms with Gasteiger partial charge < -0.3 is 0 Å². The number of nitrogens with zero attached hydrogens (tertiary/aromatic N) is 1. The van der Waals surface area contributed by atoms with E-state index in [1.807, 2.05) is 12.1 Å². The zero-order valence-electron chi connectivity index (χ0n) is 7.70. The van der Waals surface area contributed by atoms with Crippen LogP contribution in [0, 0.1) is 0 Å². The van der Waals surface area contributed by atoms with E-state index in [0.717, 1.165) is 37.9 Å². The van der Waals surface area contributed by atoms with Gasteiger partial charge in [0.15, 0.2) is 0 Å². The second-order valence-corrected chi connectivity index (χ2v) is 5.14. The summed E-state index contributed by atoms with van der Waals surface area (Å²) in [7, 11) is 0. The molecule has 1 heterocycles. The summed E-state index contributed by atoms with van der Waals surface area (Å²) >= 11 is 0.957. The summed E-state index contributed by atoms with van der Waals surface area (Å²) in [6, 6.07) is 5.50. The van der Waals surface area contributed by atoms with Crippen LogP contribution in [0.1, 0.15) is 5.56 Å². The Morgan fingerprint density at radius 2 is 2.21 bits per heavy atom. The van der Waals surface area contributed by atoms with Crippen LogP contribution in [0.2, 0.25) is 0 Å². The Morgan fingerprint density at radius 1 is 1.43 bits per heavy atom. The number of nitrogens with two attached hydrogens (primary N) is 1. The van der Waals surface area contributed by atoms with E-state index in [-0.39, 0.29) is 0 Å². The van der Waals surface area contributed by atoms with Crippen molar-refractivity contribution in [2.75, 3.05) is 6.54 Å². The monoisotopic (exact) mass is 383 g/mol. The molecule has 0 amide bonds. The van der Waals surface area contributed by atoms with Crippen LogP contribution >= 0.6 is 0 Å². The Labute approximate surface area is 98.6 Å². The van der Waals surface area contributed by atoms with Crippen LogP contribution in [-0.4, -0.2) is 40.1 Å². The van der Waals surface area contributed by atoms with Crippen LogP contribution in [0.25, 0.3) is 10.9 Å². The first kappa shape index (κ1) is 9.98. The van der Waals surface area contributed by atoms with Gasteiger partial charge in [0.25, 0.3) is 0 Å².